The number of hydrogen-bond donors (Lipinski definition) is 2. The quantitative estimate of drug-likeness (QED) is 0.726. The van der Waals surface area contributed by atoms with Gasteiger partial charge in [0.05, 0.1) is 11.1 Å². The van der Waals surface area contributed by atoms with Crippen LogP contribution in [0.3, 0.4) is 0 Å². The van der Waals surface area contributed by atoms with Gasteiger partial charge in [-0.15, -0.1) is 16.4 Å². The van der Waals surface area contributed by atoms with Gasteiger partial charge in [0.25, 0.3) is 16.0 Å². The Hall–Kier alpha value is -2.27. The van der Waals surface area contributed by atoms with Crippen molar-refractivity contribution in [3.63, 3.8) is 0 Å². The first kappa shape index (κ1) is 11.8. The minimum atomic E-state index is -3.73. The number of rotatable bonds is 4. The van der Waals surface area contributed by atoms with Crippen molar-refractivity contribution in [3.05, 3.63) is 24.7 Å². The smallest absolute Gasteiger partial charge is 0.276 e. The molecule has 0 aliphatic heterocycles. The number of tetrazole rings is 1. The minimum Gasteiger partial charge on any atom is -0.443 e. The fraction of sp³-hybridized carbons (Fsp3) is 0. The van der Waals surface area contributed by atoms with Crippen molar-refractivity contribution in [1.82, 2.24) is 25.6 Å². The van der Waals surface area contributed by atoms with Crippen LogP contribution in [0.1, 0.15) is 0 Å². The molecule has 0 aliphatic rings. The second-order valence-corrected chi connectivity index (χ2v) is 6.32. The largest absolute Gasteiger partial charge is 0.443 e. The normalized spacial score (nSPS) is 11.6. The van der Waals surface area contributed by atoms with E-state index >= 15 is 0 Å². The zero-order valence-electron chi connectivity index (χ0n) is 9.14. The summed E-state index contributed by atoms with van der Waals surface area (Å²) in [6.45, 7) is 0. The predicted octanol–water partition coefficient (Wildman–Crippen LogP) is 0.717. The van der Waals surface area contributed by atoms with Gasteiger partial charge in [0, 0.05) is 0 Å². The molecule has 11 heteroatoms. The monoisotopic (exact) mass is 298 g/mol. The second-order valence-electron chi connectivity index (χ2n) is 3.33. The Morgan fingerprint density at radius 1 is 1.37 bits per heavy atom. The van der Waals surface area contributed by atoms with Crippen LogP contribution >= 0.6 is 11.3 Å². The molecule has 0 spiro atoms. The van der Waals surface area contributed by atoms with Crippen LogP contribution in [0, 0.1) is 0 Å². The van der Waals surface area contributed by atoms with Crippen LogP contribution in [-0.4, -0.2) is 34.0 Å². The number of H-pyrrole nitrogens is 1. The van der Waals surface area contributed by atoms with Gasteiger partial charge in [0.2, 0.25) is 0 Å². The number of thiophene rings is 1. The zero-order chi connectivity index (χ0) is 13.3. The van der Waals surface area contributed by atoms with Crippen LogP contribution < -0.4 is 4.72 Å². The van der Waals surface area contributed by atoms with E-state index in [9.17, 15) is 8.42 Å². The summed E-state index contributed by atoms with van der Waals surface area (Å²) in [5.74, 6) is 0.389. The third-order valence-corrected chi connectivity index (χ3v) is 5.01. The zero-order valence-corrected chi connectivity index (χ0v) is 10.8. The highest BCUT2D eigenvalue weighted by atomic mass is 32.2. The van der Waals surface area contributed by atoms with E-state index in [1.807, 2.05) is 0 Å². The highest BCUT2D eigenvalue weighted by molar-refractivity contribution is 7.94. The Morgan fingerprint density at radius 2 is 2.26 bits per heavy atom. The molecule has 3 heterocycles. The molecule has 19 heavy (non-hydrogen) atoms. The van der Waals surface area contributed by atoms with Gasteiger partial charge in [-0.3, -0.25) is 0 Å². The van der Waals surface area contributed by atoms with E-state index in [1.54, 1.807) is 6.07 Å². The molecule has 0 radical (unpaired) electrons. The third kappa shape index (κ3) is 2.32. The Kier molecular flexibility index (Phi) is 2.76. The van der Waals surface area contributed by atoms with Crippen LogP contribution in [0.25, 0.3) is 10.6 Å². The van der Waals surface area contributed by atoms with Crippen molar-refractivity contribution >= 4 is 27.3 Å². The average Bonchev–Trinajstić information content (AvgIpc) is 3.11. The van der Waals surface area contributed by atoms with E-state index in [0.29, 0.717) is 10.6 Å². The standard InChI is InChI=1S/C8H6N6O3S2/c15-19(16,12-8-10-13-14-11-8)7-2-1-6(18-7)5-3-9-4-17-5/h1-4H,(H2,10,11,12,13,14). The topological polar surface area (TPSA) is 127 Å². The molecule has 0 saturated carbocycles. The van der Waals surface area contributed by atoms with E-state index in [4.69, 9.17) is 4.42 Å². The van der Waals surface area contributed by atoms with Crippen LogP contribution in [0.2, 0.25) is 0 Å². The third-order valence-electron chi connectivity index (χ3n) is 2.09. The van der Waals surface area contributed by atoms with Gasteiger partial charge < -0.3 is 4.42 Å². The van der Waals surface area contributed by atoms with Gasteiger partial charge >= 0.3 is 0 Å². The number of oxazole rings is 1. The summed E-state index contributed by atoms with van der Waals surface area (Å²) in [7, 11) is -3.73. The molecule has 2 N–H and O–H groups in total. The van der Waals surface area contributed by atoms with Crippen molar-refractivity contribution in [3.8, 4) is 10.6 Å². The lowest BCUT2D eigenvalue weighted by Gasteiger charge is -1.99. The highest BCUT2D eigenvalue weighted by Crippen LogP contribution is 2.30. The second kappa shape index (κ2) is 4.44. The lowest BCUT2D eigenvalue weighted by atomic mass is 10.4. The van der Waals surface area contributed by atoms with Crippen LogP contribution in [0.4, 0.5) is 5.95 Å². The van der Waals surface area contributed by atoms with Gasteiger partial charge in [0.1, 0.15) is 4.21 Å². The molecule has 0 amide bonds. The van der Waals surface area contributed by atoms with Crippen molar-refractivity contribution in [1.29, 1.82) is 0 Å². The first-order valence-corrected chi connectivity index (χ1v) is 7.20. The van der Waals surface area contributed by atoms with E-state index in [0.717, 1.165) is 11.3 Å². The number of aromatic nitrogens is 5. The lowest BCUT2D eigenvalue weighted by Crippen LogP contribution is -2.12. The Labute approximate surface area is 110 Å². The minimum absolute atomic E-state index is 0.115. The van der Waals surface area contributed by atoms with Crippen molar-refractivity contribution < 1.29 is 12.8 Å². The fourth-order valence-corrected chi connectivity index (χ4v) is 3.51. The molecule has 0 unspecified atom stereocenters. The molecule has 3 aromatic rings. The Bertz CT molecular complexity index is 761. The summed E-state index contributed by atoms with van der Waals surface area (Å²) in [5.41, 5.74) is 0. The number of aromatic amines is 1. The van der Waals surface area contributed by atoms with Gasteiger partial charge in [-0.25, -0.2) is 18.1 Å². The molecular formula is C8H6N6O3S2. The van der Waals surface area contributed by atoms with E-state index in [2.05, 4.69) is 30.3 Å². The van der Waals surface area contributed by atoms with E-state index in [1.165, 1.54) is 18.7 Å². The maximum absolute atomic E-state index is 12.0. The Morgan fingerprint density at radius 3 is 2.95 bits per heavy atom. The van der Waals surface area contributed by atoms with Gasteiger partial charge in [-0.1, -0.05) is 5.10 Å². The molecule has 0 bridgehead atoms. The summed E-state index contributed by atoms with van der Waals surface area (Å²) in [6, 6.07) is 3.10. The molecule has 3 aromatic heterocycles. The number of nitrogens with zero attached hydrogens (tertiary/aromatic N) is 4. The molecular weight excluding hydrogens is 292 g/mol. The average molecular weight is 298 g/mol. The number of hydrogen-bond acceptors (Lipinski definition) is 8. The highest BCUT2D eigenvalue weighted by Gasteiger charge is 2.19. The van der Waals surface area contributed by atoms with Gasteiger partial charge in [-0.2, -0.15) is 5.21 Å². The summed E-state index contributed by atoms with van der Waals surface area (Å²) in [5, 5.41) is 12.5. The van der Waals surface area contributed by atoms with Crippen molar-refractivity contribution in [2.75, 3.05) is 4.72 Å². The SMILES string of the molecule is O=S(=O)(Nc1nn[nH]n1)c1ccc(-c2cnco2)s1. The molecule has 9 nitrogen and oxygen atoms in total. The van der Waals surface area contributed by atoms with Crippen molar-refractivity contribution in [2.45, 2.75) is 4.21 Å². The summed E-state index contributed by atoms with van der Waals surface area (Å²) in [6.07, 6.45) is 2.79. The van der Waals surface area contributed by atoms with Gasteiger partial charge in [-0.05, 0) is 17.3 Å². The van der Waals surface area contributed by atoms with Gasteiger partial charge in [0.15, 0.2) is 12.2 Å². The molecule has 3 rings (SSSR count). The lowest BCUT2D eigenvalue weighted by molar-refractivity contribution is 0.573. The fourth-order valence-electron chi connectivity index (χ4n) is 1.31. The van der Waals surface area contributed by atoms with Crippen LogP contribution in [0.15, 0.2) is 33.3 Å². The van der Waals surface area contributed by atoms with Crippen LogP contribution in [0.5, 0.6) is 0 Å². The first-order chi connectivity index (χ1) is 9.15. The molecule has 0 aliphatic carbocycles. The first-order valence-electron chi connectivity index (χ1n) is 4.90. The van der Waals surface area contributed by atoms with E-state index < -0.39 is 10.0 Å². The summed E-state index contributed by atoms with van der Waals surface area (Å²) in [4.78, 5) is 4.43. The predicted molar refractivity (Wildman–Crippen MR) is 64.8 cm³/mol. The molecule has 98 valence electrons. The van der Waals surface area contributed by atoms with E-state index in [-0.39, 0.29) is 10.2 Å². The molecule has 0 aromatic carbocycles. The maximum Gasteiger partial charge on any atom is 0.276 e. The number of sulfonamides is 1. The van der Waals surface area contributed by atoms with Crippen molar-refractivity contribution in [2.24, 2.45) is 0 Å². The Balaban J connectivity index is 1.90. The molecule has 0 saturated heterocycles. The maximum atomic E-state index is 12.0. The number of nitrogens with one attached hydrogen (secondary N) is 2. The molecule has 0 atom stereocenters. The summed E-state index contributed by atoms with van der Waals surface area (Å²) < 4.78 is 31.4. The number of anilines is 1. The summed E-state index contributed by atoms with van der Waals surface area (Å²) >= 11 is 1.05. The van der Waals surface area contributed by atoms with Crippen LogP contribution in [-0.2, 0) is 10.0 Å². The molecule has 0 fully saturated rings.